The Morgan fingerprint density at radius 1 is 1.52 bits per heavy atom. The molecule has 0 bridgehead atoms. The number of benzene rings is 1. The van der Waals surface area contributed by atoms with Gasteiger partial charge in [-0.05, 0) is 49.6 Å². The largest absolute Gasteiger partial charge is 0.443 e. The summed E-state index contributed by atoms with van der Waals surface area (Å²) < 4.78 is 19.6. The van der Waals surface area contributed by atoms with Crippen LogP contribution in [-0.4, -0.2) is 31.0 Å². The maximum absolute atomic E-state index is 14.5. The van der Waals surface area contributed by atoms with Crippen LogP contribution in [0.4, 0.5) is 14.9 Å². The van der Waals surface area contributed by atoms with Gasteiger partial charge in [-0.25, -0.2) is 9.18 Å². The molecule has 1 aromatic rings. The molecule has 1 aromatic carbocycles. The van der Waals surface area contributed by atoms with Gasteiger partial charge in [0.15, 0.2) is 0 Å². The smallest absolute Gasteiger partial charge is 0.414 e. The van der Waals surface area contributed by atoms with Crippen LogP contribution < -0.4 is 10.6 Å². The van der Waals surface area contributed by atoms with Crippen LogP contribution in [0.2, 0.25) is 0 Å². The van der Waals surface area contributed by atoms with Crippen molar-refractivity contribution in [2.75, 3.05) is 18.0 Å². The van der Waals surface area contributed by atoms with Gasteiger partial charge in [0.05, 0.1) is 12.2 Å². The molecule has 1 aliphatic heterocycles. The maximum atomic E-state index is 14.5. The van der Waals surface area contributed by atoms with E-state index in [1.54, 1.807) is 24.4 Å². The SMILES string of the molecule is C=CC(=N/C=C(\C)c1ccc(N2C[C@H](CN)OC2=O)cc1F)C1CC1. The minimum absolute atomic E-state index is 0.245. The van der Waals surface area contributed by atoms with Crippen LogP contribution in [0.3, 0.4) is 0 Å². The first-order chi connectivity index (χ1) is 12.0. The van der Waals surface area contributed by atoms with E-state index in [1.807, 2.05) is 6.92 Å². The summed E-state index contributed by atoms with van der Waals surface area (Å²) in [5.41, 5.74) is 8.10. The molecule has 0 spiro atoms. The highest BCUT2D eigenvalue weighted by molar-refractivity contribution is 5.98. The Kier molecular flexibility index (Phi) is 4.99. The van der Waals surface area contributed by atoms with Crippen LogP contribution >= 0.6 is 0 Å². The van der Waals surface area contributed by atoms with Gasteiger partial charge in [0.1, 0.15) is 11.9 Å². The number of cyclic esters (lactones) is 1. The minimum Gasteiger partial charge on any atom is -0.443 e. The Balaban J connectivity index is 1.80. The quantitative estimate of drug-likeness (QED) is 0.804. The number of carbonyl (C=O) groups is 1. The number of allylic oxidation sites excluding steroid dienone is 2. The fourth-order valence-electron chi connectivity index (χ4n) is 2.79. The van der Waals surface area contributed by atoms with Crippen molar-refractivity contribution in [2.45, 2.75) is 25.9 Å². The maximum Gasteiger partial charge on any atom is 0.414 e. The number of hydrogen-bond donors (Lipinski definition) is 1. The van der Waals surface area contributed by atoms with Crippen LogP contribution in [0.15, 0.2) is 42.0 Å². The highest BCUT2D eigenvalue weighted by Crippen LogP contribution is 2.31. The lowest BCUT2D eigenvalue weighted by molar-refractivity contribution is 0.145. The predicted octanol–water partition coefficient (Wildman–Crippen LogP) is 3.51. The Bertz CT molecular complexity index is 753. The topological polar surface area (TPSA) is 67.9 Å². The van der Waals surface area contributed by atoms with Crippen molar-refractivity contribution in [1.82, 2.24) is 0 Å². The lowest BCUT2D eigenvalue weighted by Crippen LogP contribution is -2.27. The van der Waals surface area contributed by atoms with E-state index in [0.717, 1.165) is 18.6 Å². The molecule has 0 radical (unpaired) electrons. The van der Waals surface area contributed by atoms with Crippen molar-refractivity contribution in [3.63, 3.8) is 0 Å². The highest BCUT2D eigenvalue weighted by atomic mass is 19.1. The van der Waals surface area contributed by atoms with Gasteiger partial charge in [-0.1, -0.05) is 6.58 Å². The van der Waals surface area contributed by atoms with Crippen LogP contribution in [0.1, 0.15) is 25.3 Å². The number of hydrogen-bond acceptors (Lipinski definition) is 4. The molecule has 1 saturated heterocycles. The van der Waals surface area contributed by atoms with Gasteiger partial charge >= 0.3 is 6.09 Å². The number of nitrogens with zero attached hydrogens (tertiary/aromatic N) is 2. The molecule has 1 aliphatic carbocycles. The van der Waals surface area contributed by atoms with Crippen molar-refractivity contribution >= 4 is 23.1 Å². The summed E-state index contributed by atoms with van der Waals surface area (Å²) in [6.07, 6.45) is 4.84. The number of nitrogens with two attached hydrogens (primary N) is 1. The van der Waals surface area contributed by atoms with Gasteiger partial charge < -0.3 is 10.5 Å². The number of halogens is 1. The summed E-state index contributed by atoms with van der Waals surface area (Å²) in [5.74, 6) is 0.0856. The lowest BCUT2D eigenvalue weighted by Gasteiger charge is -2.14. The first kappa shape index (κ1) is 17.4. The molecule has 0 aromatic heterocycles. The zero-order valence-electron chi connectivity index (χ0n) is 14.2. The van der Waals surface area contributed by atoms with E-state index < -0.39 is 11.9 Å². The monoisotopic (exact) mass is 343 g/mol. The van der Waals surface area contributed by atoms with Crippen LogP contribution in [0.25, 0.3) is 5.57 Å². The normalized spacial score (nSPS) is 21.5. The number of carbonyl (C=O) groups excluding carboxylic acids is 1. The standard InChI is InChI=1S/C19H22FN3O2/c1-3-18(13-4-5-13)22-10-12(2)16-7-6-14(8-17(16)20)23-11-15(9-21)25-19(23)24/h3,6-8,10,13,15H,1,4-5,9,11,21H2,2H3/b12-10+,22-18?/t15-/m0/s1. The molecule has 5 nitrogen and oxygen atoms in total. The second-order valence-electron chi connectivity index (χ2n) is 6.36. The minimum atomic E-state index is -0.500. The van der Waals surface area contributed by atoms with E-state index in [1.165, 1.54) is 11.0 Å². The second-order valence-corrected chi connectivity index (χ2v) is 6.36. The van der Waals surface area contributed by atoms with E-state index >= 15 is 0 Å². The molecule has 3 rings (SSSR count). The fraction of sp³-hybridized carbons (Fsp3) is 0.368. The zero-order valence-corrected chi connectivity index (χ0v) is 14.2. The molecule has 2 aliphatic rings. The molecule has 0 unspecified atom stereocenters. The highest BCUT2D eigenvalue weighted by Gasteiger charge is 2.31. The third kappa shape index (κ3) is 3.79. The summed E-state index contributed by atoms with van der Waals surface area (Å²) in [6.45, 7) is 6.16. The molecule has 1 saturated carbocycles. The predicted molar refractivity (Wildman–Crippen MR) is 97.1 cm³/mol. The van der Waals surface area contributed by atoms with Crippen molar-refractivity contribution in [1.29, 1.82) is 0 Å². The molecule has 6 heteroatoms. The van der Waals surface area contributed by atoms with Gasteiger partial charge in [-0.3, -0.25) is 9.89 Å². The summed E-state index contributed by atoms with van der Waals surface area (Å²) >= 11 is 0. The summed E-state index contributed by atoms with van der Waals surface area (Å²) in [5, 5.41) is 0. The molecule has 132 valence electrons. The van der Waals surface area contributed by atoms with Crippen LogP contribution in [0.5, 0.6) is 0 Å². The van der Waals surface area contributed by atoms with Crippen molar-refractivity contribution in [2.24, 2.45) is 16.6 Å². The van der Waals surface area contributed by atoms with Gasteiger partial charge in [0, 0.05) is 29.9 Å². The molecule has 2 N–H and O–H groups in total. The van der Waals surface area contributed by atoms with E-state index in [-0.39, 0.29) is 12.6 Å². The number of amides is 1. The van der Waals surface area contributed by atoms with E-state index in [4.69, 9.17) is 10.5 Å². The average Bonchev–Trinajstić information content (AvgIpc) is 3.37. The molecular formula is C19H22FN3O2. The first-order valence-corrected chi connectivity index (χ1v) is 8.38. The third-order valence-electron chi connectivity index (χ3n) is 4.44. The molecule has 25 heavy (non-hydrogen) atoms. The van der Waals surface area contributed by atoms with Crippen LogP contribution in [-0.2, 0) is 4.74 Å². The number of aliphatic imine (C=N–C) groups is 1. The number of anilines is 1. The Hall–Kier alpha value is -2.47. The molecule has 1 amide bonds. The Morgan fingerprint density at radius 3 is 2.84 bits per heavy atom. The van der Waals surface area contributed by atoms with Crippen molar-refractivity contribution < 1.29 is 13.9 Å². The molecular weight excluding hydrogens is 321 g/mol. The van der Waals surface area contributed by atoms with E-state index in [9.17, 15) is 9.18 Å². The summed E-state index contributed by atoms with van der Waals surface area (Å²) in [7, 11) is 0. The van der Waals surface area contributed by atoms with Gasteiger partial charge in [0.25, 0.3) is 0 Å². The van der Waals surface area contributed by atoms with E-state index in [2.05, 4.69) is 11.6 Å². The Morgan fingerprint density at radius 2 is 2.28 bits per heavy atom. The molecule has 1 heterocycles. The summed E-state index contributed by atoms with van der Waals surface area (Å²) in [6, 6.07) is 4.69. The number of ether oxygens (including phenoxy) is 1. The second kappa shape index (κ2) is 7.19. The lowest BCUT2D eigenvalue weighted by atomic mass is 10.1. The third-order valence-corrected chi connectivity index (χ3v) is 4.44. The van der Waals surface area contributed by atoms with Gasteiger partial charge in [0.2, 0.25) is 0 Å². The first-order valence-electron chi connectivity index (χ1n) is 8.38. The fourth-order valence-corrected chi connectivity index (χ4v) is 2.79. The van der Waals surface area contributed by atoms with Crippen molar-refractivity contribution in [3.05, 3.63) is 48.4 Å². The average molecular weight is 343 g/mol. The summed E-state index contributed by atoms with van der Waals surface area (Å²) in [4.78, 5) is 17.7. The Labute approximate surface area is 146 Å². The zero-order chi connectivity index (χ0) is 18.0. The number of rotatable bonds is 6. The molecule has 2 fully saturated rings. The molecule has 1 atom stereocenters. The van der Waals surface area contributed by atoms with Crippen molar-refractivity contribution in [3.8, 4) is 0 Å². The van der Waals surface area contributed by atoms with E-state index in [0.29, 0.717) is 29.3 Å². The van der Waals surface area contributed by atoms with Crippen LogP contribution in [0, 0.1) is 11.7 Å². The van der Waals surface area contributed by atoms with Gasteiger partial charge in [-0.15, -0.1) is 0 Å². The van der Waals surface area contributed by atoms with Gasteiger partial charge in [-0.2, -0.15) is 0 Å².